The van der Waals surface area contributed by atoms with Gasteiger partial charge in [-0.05, 0) is 38.1 Å². The Bertz CT molecular complexity index is 1160. The Labute approximate surface area is 201 Å². The molecule has 4 N–H and O–H groups in total. The predicted molar refractivity (Wildman–Crippen MR) is 130 cm³/mol. The Morgan fingerprint density at radius 1 is 1.06 bits per heavy atom. The third-order valence-corrected chi connectivity index (χ3v) is 5.37. The highest BCUT2D eigenvalue weighted by molar-refractivity contribution is 8.00. The van der Waals surface area contributed by atoms with Crippen LogP contribution in [0.1, 0.15) is 30.0 Å². The third kappa shape index (κ3) is 7.07. The molecule has 0 radical (unpaired) electrons. The normalized spacial score (nSPS) is 10.6. The summed E-state index contributed by atoms with van der Waals surface area (Å²) >= 11 is 1.26. The number of nitrogens with two attached hydrogens (primary N) is 1. The first-order valence-corrected chi connectivity index (χ1v) is 11.4. The van der Waals surface area contributed by atoms with E-state index in [0.717, 1.165) is 0 Å². The van der Waals surface area contributed by atoms with E-state index in [2.05, 4.69) is 25.6 Å². The van der Waals surface area contributed by atoms with E-state index in [1.165, 1.54) is 11.8 Å². The van der Waals surface area contributed by atoms with Crippen molar-refractivity contribution in [3.05, 3.63) is 59.9 Å². The topological polar surface area (TPSA) is 141 Å². The molecule has 3 aromatic rings. The number of methoxy groups -OCH3 is 1. The van der Waals surface area contributed by atoms with Gasteiger partial charge in [0, 0.05) is 10.9 Å². The van der Waals surface area contributed by atoms with E-state index in [0.29, 0.717) is 21.9 Å². The zero-order valence-corrected chi connectivity index (χ0v) is 19.9. The van der Waals surface area contributed by atoms with Crippen LogP contribution in [-0.2, 0) is 16.1 Å². The van der Waals surface area contributed by atoms with Crippen molar-refractivity contribution in [1.29, 1.82) is 0 Å². The van der Waals surface area contributed by atoms with Crippen LogP contribution in [-0.4, -0.2) is 45.7 Å². The second-order valence-corrected chi connectivity index (χ2v) is 8.36. The minimum atomic E-state index is -0.564. The van der Waals surface area contributed by atoms with Crippen molar-refractivity contribution in [2.75, 3.05) is 23.9 Å². The van der Waals surface area contributed by atoms with Gasteiger partial charge in [-0.2, -0.15) is 15.0 Å². The van der Waals surface area contributed by atoms with Crippen LogP contribution in [0.3, 0.4) is 0 Å². The largest absolute Gasteiger partial charge is 0.495 e. The molecule has 0 spiro atoms. The number of hydrogen-bond acceptors (Lipinski definition) is 10. The number of nitrogens with zero attached hydrogens (tertiary/aromatic N) is 3. The lowest BCUT2D eigenvalue weighted by molar-refractivity contribution is -0.119. The zero-order chi connectivity index (χ0) is 24.5. The number of ether oxygens (including phenoxy) is 2. The van der Waals surface area contributed by atoms with Gasteiger partial charge in [-0.15, -0.1) is 11.8 Å². The van der Waals surface area contributed by atoms with Crippen LogP contribution < -0.4 is 21.1 Å². The van der Waals surface area contributed by atoms with Gasteiger partial charge in [0.2, 0.25) is 17.8 Å². The maximum Gasteiger partial charge on any atom is 0.339 e. The van der Waals surface area contributed by atoms with Gasteiger partial charge >= 0.3 is 5.97 Å². The van der Waals surface area contributed by atoms with E-state index < -0.39 is 5.97 Å². The predicted octanol–water partition coefficient (Wildman–Crippen LogP) is 3.18. The number of anilines is 3. The first-order valence-electron chi connectivity index (χ1n) is 10.4. The van der Waals surface area contributed by atoms with Crippen molar-refractivity contribution < 1.29 is 19.1 Å². The molecule has 0 aliphatic rings. The van der Waals surface area contributed by atoms with Gasteiger partial charge in [0.25, 0.3) is 0 Å². The summed E-state index contributed by atoms with van der Waals surface area (Å²) in [5, 5.41) is 5.84. The molecule has 0 aliphatic carbocycles. The molecule has 0 fully saturated rings. The quantitative estimate of drug-likeness (QED) is 0.291. The first-order chi connectivity index (χ1) is 16.4. The van der Waals surface area contributed by atoms with E-state index in [9.17, 15) is 9.59 Å². The van der Waals surface area contributed by atoms with Crippen LogP contribution in [0.25, 0.3) is 0 Å². The van der Waals surface area contributed by atoms with Crippen LogP contribution in [0.15, 0.2) is 53.4 Å². The van der Waals surface area contributed by atoms with Gasteiger partial charge in [0.15, 0.2) is 12.4 Å². The number of carbonyl (C=O) groups excluding carboxylic acids is 2. The minimum Gasteiger partial charge on any atom is -0.495 e. The van der Waals surface area contributed by atoms with E-state index in [4.69, 9.17) is 15.2 Å². The second-order valence-electron chi connectivity index (χ2n) is 7.34. The van der Waals surface area contributed by atoms with Crippen molar-refractivity contribution in [3.63, 3.8) is 0 Å². The number of hydrogen-bond donors (Lipinski definition) is 3. The number of nitrogen functional groups attached to an aromatic ring is 1. The van der Waals surface area contributed by atoms with Gasteiger partial charge in [-0.3, -0.25) is 4.79 Å². The van der Waals surface area contributed by atoms with Crippen molar-refractivity contribution >= 4 is 41.2 Å². The fraction of sp³-hybridized carbons (Fsp3) is 0.261. The molecule has 34 heavy (non-hydrogen) atoms. The summed E-state index contributed by atoms with van der Waals surface area (Å²) in [5.74, 6) is 0.459. The van der Waals surface area contributed by atoms with Gasteiger partial charge in [-0.25, -0.2) is 4.79 Å². The van der Waals surface area contributed by atoms with Crippen LogP contribution in [0, 0.1) is 0 Å². The molecule has 0 aliphatic heterocycles. The van der Waals surface area contributed by atoms with Crippen LogP contribution >= 0.6 is 11.8 Å². The molecule has 1 amide bonds. The lowest BCUT2D eigenvalue weighted by Gasteiger charge is -2.12. The lowest BCUT2D eigenvalue weighted by atomic mass is 10.2. The number of esters is 1. The Kier molecular flexibility index (Phi) is 8.63. The number of carbonyl (C=O) groups is 2. The standard InChI is InChI=1S/C23H26N6O4S/c1-14(2)25-20(30)13-34-18-11-7-4-8-15(18)21(31)33-12-19-27-22(24)29-23(28-19)26-16-9-5-6-10-17(16)32-3/h4-11,14H,12-13H2,1-3H3,(H,25,30)(H3,24,26,27,28,29). The number of para-hydroxylation sites is 2. The van der Waals surface area contributed by atoms with Crippen molar-refractivity contribution in [2.24, 2.45) is 0 Å². The molecule has 1 heterocycles. The fourth-order valence-corrected chi connectivity index (χ4v) is 3.75. The Morgan fingerprint density at radius 2 is 1.79 bits per heavy atom. The van der Waals surface area contributed by atoms with Gasteiger partial charge in [0.1, 0.15) is 5.75 Å². The molecule has 0 saturated carbocycles. The van der Waals surface area contributed by atoms with E-state index in [1.807, 2.05) is 26.0 Å². The molecule has 178 valence electrons. The summed E-state index contributed by atoms with van der Waals surface area (Å²) in [4.78, 5) is 37.7. The highest BCUT2D eigenvalue weighted by Gasteiger charge is 2.16. The molecular formula is C23H26N6O4S. The Morgan fingerprint density at radius 3 is 2.56 bits per heavy atom. The van der Waals surface area contributed by atoms with Crippen molar-refractivity contribution in [2.45, 2.75) is 31.4 Å². The molecule has 3 rings (SSSR count). The molecule has 0 bridgehead atoms. The summed E-state index contributed by atoms with van der Waals surface area (Å²) in [7, 11) is 1.56. The zero-order valence-electron chi connectivity index (χ0n) is 19.1. The highest BCUT2D eigenvalue weighted by Crippen LogP contribution is 2.26. The molecular weight excluding hydrogens is 456 g/mol. The maximum absolute atomic E-state index is 12.7. The van der Waals surface area contributed by atoms with Crippen molar-refractivity contribution in [1.82, 2.24) is 20.3 Å². The molecule has 0 saturated heterocycles. The molecule has 0 unspecified atom stereocenters. The highest BCUT2D eigenvalue weighted by atomic mass is 32.2. The summed E-state index contributed by atoms with van der Waals surface area (Å²) in [5.41, 5.74) is 6.80. The average Bonchev–Trinajstić information content (AvgIpc) is 2.81. The fourth-order valence-electron chi connectivity index (χ4n) is 2.90. The number of thioether (sulfide) groups is 1. The maximum atomic E-state index is 12.7. The number of rotatable bonds is 10. The number of amides is 1. The number of benzene rings is 2. The molecule has 2 aromatic carbocycles. The number of aromatic nitrogens is 3. The van der Waals surface area contributed by atoms with E-state index in [-0.39, 0.29) is 42.0 Å². The SMILES string of the molecule is COc1ccccc1Nc1nc(N)nc(COC(=O)c2ccccc2SCC(=O)NC(C)C)n1. The number of nitrogens with one attached hydrogen (secondary N) is 2. The van der Waals surface area contributed by atoms with Crippen LogP contribution in [0.5, 0.6) is 5.75 Å². The summed E-state index contributed by atoms with van der Waals surface area (Å²) in [6.07, 6.45) is 0. The molecule has 0 atom stereocenters. The van der Waals surface area contributed by atoms with Crippen LogP contribution in [0.4, 0.5) is 17.6 Å². The molecule has 1 aromatic heterocycles. The first kappa shape index (κ1) is 24.8. The summed E-state index contributed by atoms with van der Waals surface area (Å²) in [6, 6.07) is 14.2. The summed E-state index contributed by atoms with van der Waals surface area (Å²) < 4.78 is 10.7. The monoisotopic (exact) mass is 482 g/mol. The smallest absolute Gasteiger partial charge is 0.339 e. The minimum absolute atomic E-state index is 0.0226. The Balaban J connectivity index is 1.67. The third-order valence-electron chi connectivity index (χ3n) is 4.30. The Hall–Kier alpha value is -3.86. The van der Waals surface area contributed by atoms with Gasteiger partial charge in [-0.1, -0.05) is 24.3 Å². The summed E-state index contributed by atoms with van der Waals surface area (Å²) in [6.45, 7) is 3.57. The van der Waals surface area contributed by atoms with Gasteiger partial charge < -0.3 is 25.8 Å². The van der Waals surface area contributed by atoms with E-state index >= 15 is 0 Å². The lowest BCUT2D eigenvalue weighted by Crippen LogP contribution is -2.31. The molecule has 11 heteroatoms. The average molecular weight is 483 g/mol. The van der Waals surface area contributed by atoms with Gasteiger partial charge in [0.05, 0.1) is 24.1 Å². The van der Waals surface area contributed by atoms with Crippen LogP contribution in [0.2, 0.25) is 0 Å². The molecule has 10 nitrogen and oxygen atoms in total. The van der Waals surface area contributed by atoms with Crippen molar-refractivity contribution in [3.8, 4) is 5.75 Å². The second kappa shape index (κ2) is 11.8. The van der Waals surface area contributed by atoms with E-state index in [1.54, 1.807) is 43.5 Å².